The fourth-order valence-electron chi connectivity index (χ4n) is 1.91. The molecule has 0 aromatic carbocycles. The van der Waals surface area contributed by atoms with Crippen LogP contribution in [0.2, 0.25) is 0 Å². The highest BCUT2D eigenvalue weighted by atomic mass is 16.5. The van der Waals surface area contributed by atoms with Gasteiger partial charge in [0.25, 0.3) is 6.47 Å². The maximum absolute atomic E-state index is 10.2. The fraction of sp³-hybridized carbons (Fsp3) is 0.786. The Kier molecular flexibility index (Phi) is 13.5. The van der Waals surface area contributed by atoms with Crippen LogP contribution in [0.25, 0.3) is 0 Å². The molecule has 0 saturated carbocycles. The molecular weight excluding hydrogens is 200 g/mol. The highest BCUT2D eigenvalue weighted by Gasteiger charge is 2.23. The SMILES string of the molecule is C=C.CCCCCC(C)(CCC)COC=O. The molecule has 0 aliphatic heterocycles. The summed E-state index contributed by atoms with van der Waals surface area (Å²) in [4.78, 5) is 10.2. The monoisotopic (exact) mass is 228 g/mol. The summed E-state index contributed by atoms with van der Waals surface area (Å²) in [7, 11) is 0. The van der Waals surface area contributed by atoms with Crippen molar-refractivity contribution >= 4 is 6.47 Å². The second kappa shape index (κ2) is 12.3. The molecule has 2 nitrogen and oxygen atoms in total. The topological polar surface area (TPSA) is 26.3 Å². The van der Waals surface area contributed by atoms with Crippen molar-refractivity contribution in [1.29, 1.82) is 0 Å². The first-order valence-electron chi connectivity index (χ1n) is 6.23. The molecule has 1 atom stereocenters. The lowest BCUT2D eigenvalue weighted by Crippen LogP contribution is -2.23. The molecule has 0 fully saturated rings. The quantitative estimate of drug-likeness (QED) is 0.333. The molecule has 16 heavy (non-hydrogen) atoms. The third-order valence-corrected chi connectivity index (χ3v) is 2.74. The molecule has 96 valence electrons. The molecule has 0 heterocycles. The number of hydrogen-bond donors (Lipinski definition) is 0. The summed E-state index contributed by atoms with van der Waals surface area (Å²) in [6, 6.07) is 0. The average molecular weight is 228 g/mol. The Labute approximate surface area is 101 Å². The number of ether oxygens (including phenoxy) is 1. The molecule has 0 amide bonds. The average Bonchev–Trinajstić information content (AvgIpc) is 2.30. The third kappa shape index (κ3) is 9.75. The second-order valence-electron chi connectivity index (χ2n) is 4.42. The predicted octanol–water partition coefficient (Wildman–Crippen LogP) is 4.35. The van der Waals surface area contributed by atoms with Crippen LogP contribution in [0.1, 0.15) is 59.3 Å². The van der Waals surface area contributed by atoms with Crippen LogP contribution in [0, 0.1) is 5.41 Å². The van der Waals surface area contributed by atoms with Crippen molar-refractivity contribution in [3.8, 4) is 0 Å². The Bertz CT molecular complexity index is 157. The Morgan fingerprint density at radius 3 is 2.19 bits per heavy atom. The Morgan fingerprint density at radius 1 is 1.12 bits per heavy atom. The first kappa shape index (κ1) is 17.6. The molecule has 0 spiro atoms. The first-order chi connectivity index (χ1) is 7.68. The maximum atomic E-state index is 10.2. The Morgan fingerprint density at radius 2 is 1.75 bits per heavy atom. The lowest BCUT2D eigenvalue weighted by molar-refractivity contribution is -0.132. The molecule has 0 radical (unpaired) electrons. The van der Waals surface area contributed by atoms with Gasteiger partial charge in [0.1, 0.15) is 0 Å². The molecule has 0 aliphatic rings. The van der Waals surface area contributed by atoms with E-state index in [9.17, 15) is 4.79 Å². The Hall–Kier alpha value is -0.790. The zero-order chi connectivity index (χ0) is 12.9. The van der Waals surface area contributed by atoms with Crippen LogP contribution in [0.3, 0.4) is 0 Å². The van der Waals surface area contributed by atoms with Gasteiger partial charge in [-0.05, 0) is 12.8 Å². The van der Waals surface area contributed by atoms with Crippen molar-refractivity contribution in [1.82, 2.24) is 0 Å². The number of unbranched alkanes of at least 4 members (excludes halogenated alkanes) is 2. The van der Waals surface area contributed by atoms with Crippen LogP contribution in [0.15, 0.2) is 13.2 Å². The summed E-state index contributed by atoms with van der Waals surface area (Å²) < 4.78 is 4.90. The second-order valence-corrected chi connectivity index (χ2v) is 4.42. The number of carbonyl (C=O) groups is 1. The van der Waals surface area contributed by atoms with Crippen molar-refractivity contribution < 1.29 is 9.53 Å². The molecule has 0 aromatic heterocycles. The van der Waals surface area contributed by atoms with E-state index in [4.69, 9.17) is 4.74 Å². The van der Waals surface area contributed by atoms with E-state index in [-0.39, 0.29) is 5.41 Å². The van der Waals surface area contributed by atoms with Crippen LogP contribution in [-0.4, -0.2) is 13.1 Å². The number of rotatable bonds is 9. The molecule has 0 bridgehead atoms. The van der Waals surface area contributed by atoms with E-state index in [1.54, 1.807) is 0 Å². The maximum Gasteiger partial charge on any atom is 0.293 e. The van der Waals surface area contributed by atoms with Gasteiger partial charge in [0.05, 0.1) is 6.61 Å². The van der Waals surface area contributed by atoms with Gasteiger partial charge in [-0.3, -0.25) is 4.79 Å². The van der Waals surface area contributed by atoms with Crippen LogP contribution in [0.5, 0.6) is 0 Å². The van der Waals surface area contributed by atoms with Crippen molar-refractivity contribution in [2.75, 3.05) is 6.61 Å². The molecule has 0 N–H and O–H groups in total. The van der Waals surface area contributed by atoms with Crippen molar-refractivity contribution in [2.45, 2.75) is 59.3 Å². The lowest BCUT2D eigenvalue weighted by atomic mass is 9.81. The number of hydrogen-bond acceptors (Lipinski definition) is 2. The van der Waals surface area contributed by atoms with Crippen LogP contribution in [0.4, 0.5) is 0 Å². The summed E-state index contributed by atoms with van der Waals surface area (Å²) in [6.45, 7) is 13.7. The summed E-state index contributed by atoms with van der Waals surface area (Å²) in [5, 5.41) is 0. The summed E-state index contributed by atoms with van der Waals surface area (Å²) in [6.07, 6.45) is 7.24. The van der Waals surface area contributed by atoms with Gasteiger partial charge < -0.3 is 4.74 Å². The van der Waals surface area contributed by atoms with E-state index in [1.165, 1.54) is 25.7 Å². The van der Waals surface area contributed by atoms with Crippen LogP contribution < -0.4 is 0 Å². The molecule has 1 unspecified atom stereocenters. The van der Waals surface area contributed by atoms with Gasteiger partial charge in [0.2, 0.25) is 0 Å². The summed E-state index contributed by atoms with van der Waals surface area (Å²) in [5.41, 5.74) is 0.199. The third-order valence-electron chi connectivity index (χ3n) is 2.74. The van der Waals surface area contributed by atoms with Crippen LogP contribution in [-0.2, 0) is 9.53 Å². The molecule has 0 saturated heterocycles. The Balaban J connectivity index is 0. The van der Waals surface area contributed by atoms with Gasteiger partial charge in [-0.25, -0.2) is 0 Å². The van der Waals surface area contributed by atoms with Gasteiger partial charge in [-0.2, -0.15) is 0 Å². The summed E-state index contributed by atoms with van der Waals surface area (Å²) >= 11 is 0. The largest absolute Gasteiger partial charge is 0.467 e. The highest BCUT2D eigenvalue weighted by molar-refractivity contribution is 5.36. The van der Waals surface area contributed by atoms with Gasteiger partial charge in [0.15, 0.2) is 0 Å². The molecule has 0 aromatic rings. The minimum atomic E-state index is 0.199. The minimum absolute atomic E-state index is 0.199. The van der Waals surface area contributed by atoms with E-state index < -0.39 is 0 Å². The van der Waals surface area contributed by atoms with Gasteiger partial charge in [-0.15, -0.1) is 13.2 Å². The lowest BCUT2D eigenvalue weighted by Gasteiger charge is -2.27. The zero-order valence-electron chi connectivity index (χ0n) is 11.3. The van der Waals surface area contributed by atoms with Gasteiger partial charge in [0, 0.05) is 5.41 Å². The van der Waals surface area contributed by atoms with Crippen molar-refractivity contribution in [2.24, 2.45) is 5.41 Å². The molecule has 0 aliphatic carbocycles. The van der Waals surface area contributed by atoms with E-state index in [1.807, 2.05) is 0 Å². The fourth-order valence-corrected chi connectivity index (χ4v) is 1.91. The van der Waals surface area contributed by atoms with E-state index in [0.717, 1.165) is 12.8 Å². The number of carbonyl (C=O) groups excluding carboxylic acids is 1. The van der Waals surface area contributed by atoms with Gasteiger partial charge >= 0.3 is 0 Å². The molecule has 0 rings (SSSR count). The van der Waals surface area contributed by atoms with Crippen molar-refractivity contribution in [3.05, 3.63) is 13.2 Å². The smallest absolute Gasteiger partial charge is 0.293 e. The summed E-state index contributed by atoms with van der Waals surface area (Å²) in [5.74, 6) is 0. The van der Waals surface area contributed by atoms with E-state index in [0.29, 0.717) is 13.1 Å². The normalized spacial score (nSPS) is 13.2. The minimum Gasteiger partial charge on any atom is -0.467 e. The zero-order valence-corrected chi connectivity index (χ0v) is 11.3. The van der Waals surface area contributed by atoms with Gasteiger partial charge in [-0.1, -0.05) is 46.5 Å². The molecular formula is C14H28O2. The van der Waals surface area contributed by atoms with Crippen LogP contribution >= 0.6 is 0 Å². The first-order valence-corrected chi connectivity index (χ1v) is 6.23. The van der Waals surface area contributed by atoms with E-state index in [2.05, 4.69) is 33.9 Å². The highest BCUT2D eigenvalue weighted by Crippen LogP contribution is 2.30. The molecule has 2 heteroatoms. The van der Waals surface area contributed by atoms with E-state index >= 15 is 0 Å². The van der Waals surface area contributed by atoms with Crippen molar-refractivity contribution in [3.63, 3.8) is 0 Å². The predicted molar refractivity (Wildman–Crippen MR) is 70.4 cm³/mol. The standard InChI is InChI=1S/C12H24O2.C2H4/c1-4-6-7-9-12(3,8-5-2)10-14-11-13;1-2/h11H,4-10H2,1-3H3;1-2H2.